The van der Waals surface area contributed by atoms with Crippen LogP contribution in [-0.4, -0.2) is 69.5 Å². The van der Waals surface area contributed by atoms with Gasteiger partial charge in [-0.25, -0.2) is 0 Å². The maximum absolute atomic E-state index is 10.3. The maximum atomic E-state index is 10.3. The van der Waals surface area contributed by atoms with Crippen LogP contribution in [0.1, 0.15) is 36.1 Å². The summed E-state index contributed by atoms with van der Waals surface area (Å²) in [6.07, 6.45) is -5.07. The lowest BCUT2D eigenvalue weighted by atomic mass is 9.96. The van der Waals surface area contributed by atoms with E-state index in [9.17, 15) is 25.5 Å². The van der Waals surface area contributed by atoms with Crippen molar-refractivity contribution in [2.75, 3.05) is 13.2 Å². The van der Waals surface area contributed by atoms with Gasteiger partial charge in [0.15, 0.2) is 0 Å². The van der Waals surface area contributed by atoms with Crippen molar-refractivity contribution in [1.82, 2.24) is 0 Å². The highest BCUT2D eigenvalue weighted by Gasteiger charge is 2.45. The molecule has 0 spiro atoms. The molecule has 1 aromatic carbocycles. The van der Waals surface area contributed by atoms with Crippen LogP contribution < -0.4 is 9.47 Å². The maximum Gasteiger partial charge on any atom is 0.229 e. The van der Waals surface area contributed by atoms with Gasteiger partial charge in [0, 0.05) is 11.1 Å². The number of hydrogen-bond donors (Lipinski definition) is 5. The van der Waals surface area contributed by atoms with Crippen LogP contribution in [0.5, 0.6) is 11.5 Å². The quantitative estimate of drug-likeness (QED) is 0.413. The first-order valence-corrected chi connectivity index (χ1v) is 9.60. The number of rotatable bonds is 7. The van der Waals surface area contributed by atoms with Crippen LogP contribution in [0.2, 0.25) is 0 Å². The van der Waals surface area contributed by atoms with Crippen LogP contribution in [0.25, 0.3) is 0 Å². The van der Waals surface area contributed by atoms with Gasteiger partial charge in [0.2, 0.25) is 6.29 Å². The van der Waals surface area contributed by atoms with Crippen molar-refractivity contribution in [3.8, 4) is 11.5 Å². The number of ether oxygens (including phenoxy) is 3. The lowest BCUT2D eigenvalue weighted by Crippen LogP contribution is -2.60. The van der Waals surface area contributed by atoms with E-state index in [2.05, 4.69) is 0 Å². The van der Waals surface area contributed by atoms with Crippen molar-refractivity contribution < 1.29 is 39.7 Å². The van der Waals surface area contributed by atoms with Crippen LogP contribution in [0, 0.1) is 20.8 Å². The first-order valence-electron chi connectivity index (χ1n) is 9.60. The third kappa shape index (κ3) is 4.91. The third-order valence-corrected chi connectivity index (χ3v) is 5.27. The fourth-order valence-corrected chi connectivity index (χ4v) is 3.32. The lowest BCUT2D eigenvalue weighted by molar-refractivity contribution is -0.277. The Morgan fingerprint density at radius 3 is 2.14 bits per heavy atom. The molecule has 5 atom stereocenters. The number of hydrogen-bond acceptors (Lipinski definition) is 8. The normalized spacial score (nSPS) is 26.9. The zero-order valence-electron chi connectivity index (χ0n) is 17.5. The second-order valence-electron chi connectivity index (χ2n) is 7.58. The van der Waals surface area contributed by atoms with E-state index in [4.69, 9.17) is 14.2 Å². The summed E-state index contributed by atoms with van der Waals surface area (Å²) in [4.78, 5) is 0. The Kier molecular flexibility index (Phi) is 8.04. The summed E-state index contributed by atoms with van der Waals surface area (Å²) in [5, 5.41) is 49.5. The molecule has 1 heterocycles. The largest absolute Gasteiger partial charge is 0.489 e. The van der Waals surface area contributed by atoms with Gasteiger partial charge in [-0.15, -0.1) is 0 Å². The Morgan fingerprint density at radius 1 is 0.931 bits per heavy atom. The van der Waals surface area contributed by atoms with Crippen molar-refractivity contribution in [3.63, 3.8) is 0 Å². The van der Waals surface area contributed by atoms with Crippen molar-refractivity contribution in [3.05, 3.63) is 33.9 Å². The first-order chi connectivity index (χ1) is 13.6. The smallest absolute Gasteiger partial charge is 0.229 e. The highest BCUT2D eigenvalue weighted by Crippen LogP contribution is 2.40. The molecule has 1 aliphatic rings. The van der Waals surface area contributed by atoms with Gasteiger partial charge < -0.3 is 39.7 Å². The zero-order chi connectivity index (χ0) is 21.9. The van der Waals surface area contributed by atoms with Crippen molar-refractivity contribution in [1.29, 1.82) is 0 Å². The van der Waals surface area contributed by atoms with Crippen LogP contribution in [0.4, 0.5) is 0 Å². The topological polar surface area (TPSA) is 129 Å². The number of aliphatic hydroxyl groups excluding tert-OH is 5. The Morgan fingerprint density at radius 2 is 1.59 bits per heavy atom. The molecule has 0 radical (unpaired) electrons. The van der Waals surface area contributed by atoms with Gasteiger partial charge in [0.25, 0.3) is 0 Å². The lowest BCUT2D eigenvalue weighted by Gasteiger charge is -2.40. The predicted octanol–water partition coefficient (Wildman–Crippen LogP) is 0.628. The molecule has 1 saturated heterocycles. The zero-order valence-corrected chi connectivity index (χ0v) is 17.5. The van der Waals surface area contributed by atoms with Gasteiger partial charge in [0.05, 0.1) is 13.2 Å². The van der Waals surface area contributed by atoms with E-state index in [0.29, 0.717) is 23.5 Å². The minimum absolute atomic E-state index is 0.270. The predicted molar refractivity (Wildman–Crippen MR) is 106 cm³/mol. The van der Waals surface area contributed by atoms with Gasteiger partial charge in [-0.05, 0) is 51.8 Å². The van der Waals surface area contributed by atoms with E-state index in [1.165, 1.54) is 0 Å². The Balaban J connectivity index is 2.42. The Bertz CT molecular complexity index is 739. The van der Waals surface area contributed by atoms with Gasteiger partial charge in [-0.3, -0.25) is 0 Å². The van der Waals surface area contributed by atoms with E-state index in [-0.39, 0.29) is 12.4 Å². The average Bonchev–Trinajstić information content (AvgIpc) is 2.68. The first kappa shape index (κ1) is 23.6. The highest BCUT2D eigenvalue weighted by atomic mass is 16.7. The minimum Gasteiger partial charge on any atom is -0.489 e. The summed E-state index contributed by atoms with van der Waals surface area (Å²) in [7, 11) is 0. The van der Waals surface area contributed by atoms with E-state index in [1.54, 1.807) is 6.92 Å². The molecule has 29 heavy (non-hydrogen) atoms. The molecule has 1 fully saturated rings. The Hall–Kier alpha value is -1.68. The van der Waals surface area contributed by atoms with Crippen LogP contribution in [0.3, 0.4) is 0 Å². The standard InChI is InChI=1S/C21H32O8/c1-10(2)6-7-27-19-12(4)11(3)14(8-22)20(13(19)5)29-21-18(26)17(25)16(24)15(9-23)28-21/h6,15-18,21-26H,7-9H2,1-5H3/t15-,16-,17+,18-,21+/m1/s1. The van der Waals surface area contributed by atoms with Gasteiger partial charge in [-0.1, -0.05) is 5.57 Å². The fourth-order valence-electron chi connectivity index (χ4n) is 3.32. The molecular weight excluding hydrogens is 380 g/mol. The molecule has 1 aliphatic heterocycles. The van der Waals surface area contributed by atoms with Gasteiger partial charge >= 0.3 is 0 Å². The molecule has 1 aromatic rings. The van der Waals surface area contributed by atoms with Crippen LogP contribution in [-0.2, 0) is 11.3 Å². The summed E-state index contributed by atoms with van der Waals surface area (Å²) < 4.78 is 17.2. The molecule has 0 bridgehead atoms. The van der Waals surface area contributed by atoms with E-state index < -0.39 is 37.3 Å². The monoisotopic (exact) mass is 412 g/mol. The van der Waals surface area contributed by atoms with Crippen LogP contribution in [0.15, 0.2) is 11.6 Å². The van der Waals surface area contributed by atoms with E-state index in [0.717, 1.165) is 16.7 Å². The molecular formula is C21H32O8. The molecule has 0 saturated carbocycles. The summed E-state index contributed by atoms with van der Waals surface area (Å²) in [6, 6.07) is 0. The van der Waals surface area contributed by atoms with Crippen LogP contribution >= 0.6 is 0 Å². The van der Waals surface area contributed by atoms with Gasteiger partial charge in [-0.2, -0.15) is 0 Å². The Labute approximate surface area is 171 Å². The molecule has 0 aliphatic carbocycles. The van der Waals surface area contributed by atoms with E-state index >= 15 is 0 Å². The average molecular weight is 412 g/mol. The fraction of sp³-hybridized carbons (Fsp3) is 0.619. The molecule has 8 nitrogen and oxygen atoms in total. The molecule has 164 valence electrons. The highest BCUT2D eigenvalue weighted by molar-refractivity contribution is 5.58. The van der Waals surface area contributed by atoms with Crippen molar-refractivity contribution >= 4 is 0 Å². The second-order valence-corrected chi connectivity index (χ2v) is 7.58. The molecule has 0 unspecified atom stereocenters. The van der Waals surface area contributed by atoms with Crippen molar-refractivity contribution in [2.24, 2.45) is 0 Å². The molecule has 5 N–H and O–H groups in total. The molecule has 0 aromatic heterocycles. The number of aliphatic hydroxyl groups is 5. The number of allylic oxidation sites excluding steroid dienone is 1. The van der Waals surface area contributed by atoms with E-state index in [1.807, 2.05) is 33.8 Å². The number of benzene rings is 1. The summed E-state index contributed by atoms with van der Waals surface area (Å²) >= 11 is 0. The third-order valence-electron chi connectivity index (χ3n) is 5.27. The summed E-state index contributed by atoms with van der Waals surface area (Å²) in [5.41, 5.74) is 3.85. The summed E-state index contributed by atoms with van der Waals surface area (Å²) in [6.45, 7) is 8.91. The molecule has 2 rings (SSSR count). The molecule has 8 heteroatoms. The SMILES string of the molecule is CC(C)=CCOc1c(C)c(C)c(CO)c(O[C@@H]2O[C@H](CO)[C@@H](O)[C@H](O)[C@H]2O)c1C. The van der Waals surface area contributed by atoms with Gasteiger partial charge in [0.1, 0.15) is 42.5 Å². The summed E-state index contributed by atoms with van der Waals surface area (Å²) in [5.74, 6) is 0.865. The minimum atomic E-state index is -1.55. The van der Waals surface area contributed by atoms with Crippen molar-refractivity contribution in [2.45, 2.75) is 71.9 Å². The second kappa shape index (κ2) is 9.88. The molecule has 0 amide bonds.